The topological polar surface area (TPSA) is 77.2 Å². The standard InChI is InChI=1S/C19H13N3O3/c23-19(17-10-13-4-1-2-7-16(13)25-17)22-14-5-3-6-15(11-14)24-18-12-20-8-9-21-18/h1-12H,(H,22,23). The molecule has 1 amide bonds. The number of nitrogens with one attached hydrogen (secondary N) is 1. The fourth-order valence-electron chi connectivity index (χ4n) is 2.38. The third-order valence-electron chi connectivity index (χ3n) is 3.50. The van der Waals surface area contributed by atoms with Gasteiger partial charge in [-0.15, -0.1) is 0 Å². The molecule has 0 saturated carbocycles. The Morgan fingerprint density at radius 3 is 2.80 bits per heavy atom. The van der Waals surface area contributed by atoms with Gasteiger partial charge in [-0.05, 0) is 24.3 Å². The number of amides is 1. The molecule has 2 aromatic carbocycles. The molecule has 0 aliphatic carbocycles. The van der Waals surface area contributed by atoms with Crippen molar-refractivity contribution >= 4 is 22.6 Å². The summed E-state index contributed by atoms with van der Waals surface area (Å²) in [5.74, 6) is 0.848. The molecule has 4 aromatic rings. The second-order valence-electron chi connectivity index (χ2n) is 5.28. The van der Waals surface area contributed by atoms with E-state index in [2.05, 4.69) is 15.3 Å². The number of nitrogens with zero attached hydrogens (tertiary/aromatic N) is 2. The molecule has 0 bridgehead atoms. The van der Waals surface area contributed by atoms with E-state index in [4.69, 9.17) is 9.15 Å². The number of fused-ring (bicyclic) bond motifs is 1. The maximum atomic E-state index is 12.4. The van der Waals surface area contributed by atoms with E-state index in [1.165, 1.54) is 6.20 Å². The number of aromatic nitrogens is 2. The predicted octanol–water partition coefficient (Wildman–Crippen LogP) is 4.27. The van der Waals surface area contributed by atoms with Gasteiger partial charge in [0.05, 0.1) is 6.20 Å². The molecule has 0 saturated heterocycles. The Bertz CT molecular complexity index is 995. The largest absolute Gasteiger partial charge is 0.451 e. The van der Waals surface area contributed by atoms with Gasteiger partial charge >= 0.3 is 0 Å². The van der Waals surface area contributed by atoms with Crippen LogP contribution in [0.2, 0.25) is 0 Å². The monoisotopic (exact) mass is 331 g/mol. The van der Waals surface area contributed by atoms with Gasteiger partial charge in [0.2, 0.25) is 5.88 Å². The van der Waals surface area contributed by atoms with Crippen LogP contribution in [0.5, 0.6) is 11.6 Å². The average Bonchev–Trinajstić information content (AvgIpc) is 3.07. The molecule has 2 aromatic heterocycles. The van der Waals surface area contributed by atoms with Crippen molar-refractivity contribution in [2.45, 2.75) is 0 Å². The first-order chi connectivity index (χ1) is 12.3. The van der Waals surface area contributed by atoms with Crippen LogP contribution in [0.25, 0.3) is 11.0 Å². The van der Waals surface area contributed by atoms with Crippen LogP contribution in [0, 0.1) is 0 Å². The summed E-state index contributed by atoms with van der Waals surface area (Å²) in [6.07, 6.45) is 4.62. The van der Waals surface area contributed by atoms with Crippen LogP contribution < -0.4 is 10.1 Å². The minimum absolute atomic E-state index is 0.251. The SMILES string of the molecule is O=C(Nc1cccc(Oc2cnccn2)c1)c1cc2ccccc2o1. The van der Waals surface area contributed by atoms with Crippen LogP contribution >= 0.6 is 0 Å². The summed E-state index contributed by atoms with van der Waals surface area (Å²) in [6.45, 7) is 0. The van der Waals surface area contributed by atoms with E-state index in [1.54, 1.807) is 42.7 Å². The Balaban J connectivity index is 1.52. The molecule has 0 fully saturated rings. The summed E-state index contributed by atoms with van der Waals surface area (Å²) >= 11 is 0. The highest BCUT2D eigenvalue weighted by Crippen LogP contribution is 2.24. The lowest BCUT2D eigenvalue weighted by Gasteiger charge is -2.07. The van der Waals surface area contributed by atoms with Crippen LogP contribution in [-0.4, -0.2) is 15.9 Å². The molecule has 1 N–H and O–H groups in total. The molecular formula is C19H13N3O3. The Morgan fingerprint density at radius 2 is 1.96 bits per heavy atom. The minimum atomic E-state index is -0.326. The van der Waals surface area contributed by atoms with Gasteiger partial charge in [-0.2, -0.15) is 0 Å². The van der Waals surface area contributed by atoms with Crippen molar-refractivity contribution in [2.24, 2.45) is 0 Å². The summed E-state index contributed by atoms with van der Waals surface area (Å²) in [4.78, 5) is 20.4. The van der Waals surface area contributed by atoms with E-state index in [0.29, 0.717) is 22.9 Å². The van der Waals surface area contributed by atoms with Crippen LogP contribution in [0.15, 0.2) is 77.6 Å². The maximum absolute atomic E-state index is 12.4. The predicted molar refractivity (Wildman–Crippen MR) is 92.7 cm³/mol. The number of carbonyl (C=O) groups excluding carboxylic acids is 1. The summed E-state index contributed by atoms with van der Waals surface area (Å²) in [5.41, 5.74) is 1.26. The van der Waals surface area contributed by atoms with Gasteiger partial charge < -0.3 is 14.5 Å². The maximum Gasteiger partial charge on any atom is 0.291 e. The highest BCUT2D eigenvalue weighted by molar-refractivity contribution is 6.04. The molecule has 2 heterocycles. The zero-order valence-electron chi connectivity index (χ0n) is 13.0. The molecule has 6 nitrogen and oxygen atoms in total. The number of anilines is 1. The van der Waals surface area contributed by atoms with Crippen LogP contribution in [0.3, 0.4) is 0 Å². The van der Waals surface area contributed by atoms with E-state index >= 15 is 0 Å². The molecule has 0 atom stereocenters. The molecule has 6 heteroatoms. The summed E-state index contributed by atoms with van der Waals surface area (Å²) < 4.78 is 11.2. The normalized spacial score (nSPS) is 10.6. The highest BCUT2D eigenvalue weighted by atomic mass is 16.5. The summed E-state index contributed by atoms with van der Waals surface area (Å²) in [7, 11) is 0. The van der Waals surface area contributed by atoms with Crippen LogP contribution in [-0.2, 0) is 0 Å². The number of furan rings is 1. The molecular weight excluding hydrogens is 318 g/mol. The second-order valence-corrected chi connectivity index (χ2v) is 5.28. The van der Waals surface area contributed by atoms with E-state index in [1.807, 2.05) is 24.3 Å². The Morgan fingerprint density at radius 1 is 1.04 bits per heavy atom. The number of hydrogen-bond donors (Lipinski definition) is 1. The lowest BCUT2D eigenvalue weighted by atomic mass is 10.2. The second kappa shape index (κ2) is 6.45. The zero-order chi connectivity index (χ0) is 17.1. The zero-order valence-corrected chi connectivity index (χ0v) is 13.0. The van der Waals surface area contributed by atoms with E-state index < -0.39 is 0 Å². The molecule has 0 unspecified atom stereocenters. The van der Waals surface area contributed by atoms with E-state index in [-0.39, 0.29) is 11.7 Å². The lowest BCUT2D eigenvalue weighted by Crippen LogP contribution is -2.10. The number of rotatable bonds is 4. The van der Waals surface area contributed by atoms with Crippen molar-refractivity contribution in [3.05, 3.63) is 78.9 Å². The quantitative estimate of drug-likeness (QED) is 0.604. The smallest absolute Gasteiger partial charge is 0.291 e. The van der Waals surface area contributed by atoms with Gasteiger partial charge in [-0.3, -0.25) is 9.78 Å². The van der Waals surface area contributed by atoms with E-state index in [9.17, 15) is 4.79 Å². The van der Waals surface area contributed by atoms with Gasteiger partial charge in [-0.25, -0.2) is 4.98 Å². The Labute approximate surface area is 143 Å². The number of para-hydroxylation sites is 1. The van der Waals surface area contributed by atoms with Crippen molar-refractivity contribution in [1.29, 1.82) is 0 Å². The first kappa shape index (κ1) is 14.9. The average molecular weight is 331 g/mol. The summed E-state index contributed by atoms with van der Waals surface area (Å²) in [5, 5.41) is 3.68. The van der Waals surface area contributed by atoms with Crippen molar-refractivity contribution in [1.82, 2.24) is 9.97 Å². The molecule has 25 heavy (non-hydrogen) atoms. The third-order valence-corrected chi connectivity index (χ3v) is 3.50. The fourth-order valence-corrected chi connectivity index (χ4v) is 2.38. The molecule has 0 radical (unpaired) electrons. The highest BCUT2D eigenvalue weighted by Gasteiger charge is 2.12. The van der Waals surface area contributed by atoms with Crippen molar-refractivity contribution in [2.75, 3.05) is 5.32 Å². The number of benzene rings is 2. The Kier molecular flexibility index (Phi) is 3.84. The first-order valence-corrected chi connectivity index (χ1v) is 7.62. The van der Waals surface area contributed by atoms with Gasteiger partial charge in [0.1, 0.15) is 11.3 Å². The Hall–Kier alpha value is -3.67. The van der Waals surface area contributed by atoms with Crippen molar-refractivity contribution in [3.8, 4) is 11.6 Å². The van der Waals surface area contributed by atoms with Gasteiger partial charge in [0, 0.05) is 29.5 Å². The molecule has 0 aliphatic heterocycles. The van der Waals surface area contributed by atoms with E-state index in [0.717, 1.165) is 5.39 Å². The minimum Gasteiger partial charge on any atom is -0.451 e. The van der Waals surface area contributed by atoms with Crippen LogP contribution in [0.4, 0.5) is 5.69 Å². The van der Waals surface area contributed by atoms with Crippen molar-refractivity contribution in [3.63, 3.8) is 0 Å². The number of carbonyl (C=O) groups is 1. The molecule has 0 spiro atoms. The number of hydrogen-bond acceptors (Lipinski definition) is 5. The van der Waals surface area contributed by atoms with Crippen LogP contribution in [0.1, 0.15) is 10.6 Å². The fraction of sp³-hybridized carbons (Fsp3) is 0. The molecule has 122 valence electrons. The summed E-state index contributed by atoms with van der Waals surface area (Å²) in [6, 6.07) is 16.2. The number of ether oxygens (including phenoxy) is 1. The van der Waals surface area contributed by atoms with Crippen molar-refractivity contribution < 1.29 is 13.9 Å². The third kappa shape index (κ3) is 3.32. The van der Waals surface area contributed by atoms with Gasteiger partial charge in [0.25, 0.3) is 5.91 Å². The van der Waals surface area contributed by atoms with Gasteiger partial charge in [-0.1, -0.05) is 24.3 Å². The lowest BCUT2D eigenvalue weighted by molar-refractivity contribution is 0.0998. The molecule has 0 aliphatic rings. The first-order valence-electron chi connectivity index (χ1n) is 7.62. The van der Waals surface area contributed by atoms with Gasteiger partial charge in [0.15, 0.2) is 5.76 Å². The molecule has 4 rings (SSSR count).